The average molecular weight is 390 g/mol. The first kappa shape index (κ1) is 16.6. The zero-order valence-corrected chi connectivity index (χ0v) is 14.8. The Kier molecular flexibility index (Phi) is 5.88. The third-order valence-corrected chi connectivity index (χ3v) is 4.18. The second-order valence-corrected chi connectivity index (χ2v) is 6.53. The van der Waals surface area contributed by atoms with Gasteiger partial charge in [-0.15, -0.1) is 0 Å². The standard InChI is InChI=1S/C15H15BrCl2N2O/c1-9(2)20-7-10-3-11(8-19-6-10)21-15-5-13(17)12(16)4-14(15)18/h3-6,8-9,20H,7H2,1-2H3. The van der Waals surface area contributed by atoms with Gasteiger partial charge in [0.05, 0.1) is 16.2 Å². The van der Waals surface area contributed by atoms with Gasteiger partial charge in [0.2, 0.25) is 0 Å². The molecule has 0 saturated carbocycles. The normalized spacial score (nSPS) is 11.0. The molecule has 2 rings (SSSR count). The summed E-state index contributed by atoms with van der Waals surface area (Å²) in [5, 5.41) is 4.36. The molecule has 0 bridgehead atoms. The Hall–Kier alpha value is -0.810. The SMILES string of the molecule is CC(C)NCc1cncc(Oc2cc(Cl)c(Br)cc2Cl)c1. The number of hydrogen-bond donors (Lipinski definition) is 1. The van der Waals surface area contributed by atoms with Gasteiger partial charge in [0.1, 0.15) is 11.5 Å². The predicted molar refractivity (Wildman–Crippen MR) is 90.4 cm³/mol. The van der Waals surface area contributed by atoms with Crippen LogP contribution in [-0.4, -0.2) is 11.0 Å². The van der Waals surface area contributed by atoms with E-state index < -0.39 is 0 Å². The Bertz CT molecular complexity index is 635. The molecule has 0 aliphatic carbocycles. The summed E-state index contributed by atoms with van der Waals surface area (Å²) < 4.78 is 6.50. The topological polar surface area (TPSA) is 34.2 Å². The molecular weight excluding hydrogens is 375 g/mol. The van der Waals surface area contributed by atoms with Crippen molar-refractivity contribution in [2.75, 3.05) is 0 Å². The summed E-state index contributed by atoms with van der Waals surface area (Å²) >= 11 is 15.5. The van der Waals surface area contributed by atoms with E-state index in [0.717, 1.165) is 16.6 Å². The Balaban J connectivity index is 2.16. The molecule has 0 spiro atoms. The van der Waals surface area contributed by atoms with Crippen molar-refractivity contribution in [3.05, 3.63) is 50.7 Å². The molecule has 0 saturated heterocycles. The molecule has 0 aliphatic rings. The van der Waals surface area contributed by atoms with Crippen LogP contribution in [0.25, 0.3) is 0 Å². The summed E-state index contributed by atoms with van der Waals surface area (Å²) in [6, 6.07) is 5.72. The summed E-state index contributed by atoms with van der Waals surface area (Å²) in [5.74, 6) is 1.12. The Morgan fingerprint density at radius 1 is 1.19 bits per heavy atom. The zero-order valence-electron chi connectivity index (χ0n) is 11.7. The lowest BCUT2D eigenvalue weighted by molar-refractivity contribution is 0.478. The van der Waals surface area contributed by atoms with Crippen molar-refractivity contribution in [1.82, 2.24) is 10.3 Å². The minimum absolute atomic E-state index is 0.411. The molecule has 0 atom stereocenters. The maximum Gasteiger partial charge on any atom is 0.147 e. The lowest BCUT2D eigenvalue weighted by atomic mass is 10.2. The van der Waals surface area contributed by atoms with Crippen LogP contribution in [0.1, 0.15) is 19.4 Å². The number of ether oxygens (including phenoxy) is 1. The molecule has 6 heteroatoms. The fourth-order valence-corrected chi connectivity index (χ4v) is 2.48. The molecule has 0 aliphatic heterocycles. The molecule has 1 aromatic heterocycles. The van der Waals surface area contributed by atoms with Crippen molar-refractivity contribution < 1.29 is 4.74 Å². The smallest absolute Gasteiger partial charge is 0.147 e. The van der Waals surface area contributed by atoms with E-state index in [1.165, 1.54) is 0 Å². The van der Waals surface area contributed by atoms with Crippen molar-refractivity contribution >= 4 is 39.1 Å². The monoisotopic (exact) mass is 388 g/mol. The predicted octanol–water partition coefficient (Wildman–Crippen LogP) is 5.44. The van der Waals surface area contributed by atoms with Gasteiger partial charge in [-0.25, -0.2) is 0 Å². The fourth-order valence-electron chi connectivity index (χ4n) is 1.65. The van der Waals surface area contributed by atoms with Crippen LogP contribution in [-0.2, 0) is 6.54 Å². The van der Waals surface area contributed by atoms with E-state index in [1.54, 1.807) is 24.5 Å². The van der Waals surface area contributed by atoms with Gasteiger partial charge < -0.3 is 10.1 Å². The van der Waals surface area contributed by atoms with Gasteiger partial charge in [-0.05, 0) is 33.6 Å². The average Bonchev–Trinajstić information content (AvgIpc) is 2.43. The van der Waals surface area contributed by atoms with Crippen molar-refractivity contribution in [3.8, 4) is 11.5 Å². The Morgan fingerprint density at radius 2 is 1.95 bits per heavy atom. The molecular formula is C15H15BrCl2N2O. The van der Waals surface area contributed by atoms with Crippen LogP contribution in [0.2, 0.25) is 10.0 Å². The maximum absolute atomic E-state index is 6.15. The molecule has 2 aromatic rings. The first-order valence-electron chi connectivity index (χ1n) is 6.45. The highest BCUT2D eigenvalue weighted by Gasteiger charge is 2.08. The summed E-state index contributed by atoms with van der Waals surface area (Å²) in [7, 11) is 0. The quantitative estimate of drug-likeness (QED) is 0.691. The molecule has 112 valence electrons. The molecule has 0 fully saturated rings. The van der Waals surface area contributed by atoms with Crippen LogP contribution in [0, 0.1) is 0 Å². The van der Waals surface area contributed by atoms with Crippen molar-refractivity contribution in [3.63, 3.8) is 0 Å². The minimum atomic E-state index is 0.411. The molecule has 0 amide bonds. The number of halogens is 3. The van der Waals surface area contributed by atoms with Gasteiger partial charge in [-0.2, -0.15) is 0 Å². The van der Waals surface area contributed by atoms with Crippen LogP contribution < -0.4 is 10.1 Å². The van der Waals surface area contributed by atoms with Crippen molar-refractivity contribution in [1.29, 1.82) is 0 Å². The highest BCUT2D eigenvalue weighted by atomic mass is 79.9. The van der Waals surface area contributed by atoms with Crippen LogP contribution in [0.3, 0.4) is 0 Å². The van der Waals surface area contributed by atoms with Gasteiger partial charge in [0, 0.05) is 29.3 Å². The molecule has 21 heavy (non-hydrogen) atoms. The molecule has 3 nitrogen and oxygen atoms in total. The zero-order chi connectivity index (χ0) is 15.4. The highest BCUT2D eigenvalue weighted by molar-refractivity contribution is 9.10. The van der Waals surface area contributed by atoms with E-state index in [1.807, 2.05) is 6.07 Å². The van der Waals surface area contributed by atoms with E-state index in [-0.39, 0.29) is 0 Å². The maximum atomic E-state index is 6.15. The minimum Gasteiger partial charge on any atom is -0.454 e. The van der Waals surface area contributed by atoms with E-state index in [0.29, 0.717) is 27.6 Å². The summed E-state index contributed by atoms with van der Waals surface area (Å²) in [6.45, 7) is 4.92. The second kappa shape index (κ2) is 7.45. The number of pyridine rings is 1. The third-order valence-electron chi connectivity index (χ3n) is 2.69. The molecule has 1 N–H and O–H groups in total. The molecule has 1 aromatic carbocycles. The third kappa shape index (κ3) is 4.85. The first-order valence-corrected chi connectivity index (χ1v) is 8.00. The van der Waals surface area contributed by atoms with Gasteiger partial charge in [-0.3, -0.25) is 4.98 Å². The van der Waals surface area contributed by atoms with E-state index in [4.69, 9.17) is 27.9 Å². The second-order valence-electron chi connectivity index (χ2n) is 4.86. The number of benzene rings is 1. The molecule has 0 unspecified atom stereocenters. The lowest BCUT2D eigenvalue weighted by Crippen LogP contribution is -2.21. The summed E-state index contributed by atoms with van der Waals surface area (Å²) in [4.78, 5) is 4.18. The van der Waals surface area contributed by atoms with Crippen LogP contribution in [0.4, 0.5) is 0 Å². The number of nitrogens with one attached hydrogen (secondary N) is 1. The number of hydrogen-bond acceptors (Lipinski definition) is 3. The first-order chi connectivity index (χ1) is 9.95. The van der Waals surface area contributed by atoms with Crippen LogP contribution in [0.15, 0.2) is 35.1 Å². The van der Waals surface area contributed by atoms with Crippen molar-refractivity contribution in [2.45, 2.75) is 26.4 Å². The van der Waals surface area contributed by atoms with Gasteiger partial charge in [0.25, 0.3) is 0 Å². The molecule has 0 radical (unpaired) electrons. The van der Waals surface area contributed by atoms with Gasteiger partial charge in [0.15, 0.2) is 0 Å². The largest absolute Gasteiger partial charge is 0.454 e. The van der Waals surface area contributed by atoms with E-state index in [2.05, 4.69) is 40.1 Å². The number of rotatable bonds is 5. The van der Waals surface area contributed by atoms with Gasteiger partial charge in [-0.1, -0.05) is 37.0 Å². The lowest BCUT2D eigenvalue weighted by Gasteiger charge is -2.11. The summed E-state index contributed by atoms with van der Waals surface area (Å²) in [6.07, 6.45) is 3.45. The summed E-state index contributed by atoms with van der Waals surface area (Å²) in [5.41, 5.74) is 1.04. The Labute approximate surface area is 142 Å². The van der Waals surface area contributed by atoms with E-state index in [9.17, 15) is 0 Å². The number of aromatic nitrogens is 1. The Morgan fingerprint density at radius 3 is 2.67 bits per heavy atom. The van der Waals surface area contributed by atoms with Crippen LogP contribution >= 0.6 is 39.1 Å². The number of nitrogens with zero attached hydrogens (tertiary/aromatic N) is 1. The fraction of sp³-hybridized carbons (Fsp3) is 0.267. The van der Waals surface area contributed by atoms with Crippen LogP contribution in [0.5, 0.6) is 11.5 Å². The molecule has 1 heterocycles. The highest BCUT2D eigenvalue weighted by Crippen LogP contribution is 2.36. The van der Waals surface area contributed by atoms with E-state index >= 15 is 0 Å². The van der Waals surface area contributed by atoms with Crippen molar-refractivity contribution in [2.24, 2.45) is 0 Å². The van der Waals surface area contributed by atoms with Gasteiger partial charge >= 0.3 is 0 Å².